The molecule has 0 amide bonds. The van der Waals surface area contributed by atoms with E-state index >= 15 is 0 Å². The van der Waals surface area contributed by atoms with Gasteiger partial charge in [0.25, 0.3) is 0 Å². The lowest BCUT2D eigenvalue weighted by molar-refractivity contribution is 0.0531. The molecule has 0 atom stereocenters. The van der Waals surface area contributed by atoms with Crippen molar-refractivity contribution < 1.29 is 9.53 Å². The van der Waals surface area contributed by atoms with Crippen LogP contribution in [0.1, 0.15) is 33.5 Å². The minimum absolute atomic E-state index is 0.315. The molecule has 2 heterocycles. The molecule has 4 rings (SSSR count). The summed E-state index contributed by atoms with van der Waals surface area (Å²) in [5.41, 5.74) is 2.97. The van der Waals surface area contributed by atoms with E-state index in [4.69, 9.17) is 14.7 Å². The van der Waals surface area contributed by atoms with Crippen molar-refractivity contribution >= 4 is 50.8 Å². The molecular weight excluding hydrogens is 426 g/mol. The van der Waals surface area contributed by atoms with Crippen LogP contribution in [-0.2, 0) is 10.5 Å². The van der Waals surface area contributed by atoms with Crippen molar-refractivity contribution in [3.63, 3.8) is 0 Å². The lowest BCUT2D eigenvalue weighted by atomic mass is 10.2. The van der Waals surface area contributed by atoms with Crippen LogP contribution >= 0.6 is 23.1 Å². The van der Waals surface area contributed by atoms with E-state index in [0.29, 0.717) is 28.9 Å². The van der Waals surface area contributed by atoms with Gasteiger partial charge in [-0.15, -0.1) is 23.1 Å². The van der Waals surface area contributed by atoms with E-state index in [1.165, 1.54) is 16.9 Å². The Hall–Kier alpha value is -2.90. The molecule has 5 nitrogen and oxygen atoms in total. The van der Waals surface area contributed by atoms with E-state index in [1.54, 1.807) is 11.8 Å². The Balaban J connectivity index is 1.74. The number of benzene rings is 2. The topological polar surface area (TPSA) is 64.1 Å². The second kappa shape index (κ2) is 9.49. The van der Waals surface area contributed by atoms with E-state index in [9.17, 15) is 4.79 Å². The molecule has 1 N–H and O–H groups in total. The van der Waals surface area contributed by atoms with Crippen LogP contribution in [0.15, 0.2) is 59.5 Å². The molecule has 7 heteroatoms. The Morgan fingerprint density at radius 3 is 2.52 bits per heavy atom. The van der Waals surface area contributed by atoms with Gasteiger partial charge in [0, 0.05) is 10.6 Å². The number of aryl methyl sites for hydroxylation is 2. The highest BCUT2D eigenvalue weighted by Crippen LogP contribution is 2.36. The highest BCUT2D eigenvalue weighted by Gasteiger charge is 2.21. The summed E-state index contributed by atoms with van der Waals surface area (Å²) >= 11 is 3.04. The fourth-order valence-electron chi connectivity index (χ4n) is 3.17. The number of nitrogens with one attached hydrogen (secondary N) is 1. The van der Waals surface area contributed by atoms with Gasteiger partial charge in [0.2, 0.25) is 0 Å². The van der Waals surface area contributed by atoms with Crippen molar-refractivity contribution in [1.29, 1.82) is 0 Å². The monoisotopic (exact) mass is 449 g/mol. The summed E-state index contributed by atoms with van der Waals surface area (Å²) in [4.78, 5) is 24.6. The van der Waals surface area contributed by atoms with Gasteiger partial charge in [0.15, 0.2) is 0 Å². The molecule has 0 radical (unpaired) electrons. The van der Waals surface area contributed by atoms with Crippen LogP contribution in [0.4, 0.5) is 11.5 Å². The zero-order valence-corrected chi connectivity index (χ0v) is 19.3. The number of thioether (sulfide) groups is 1. The number of nitrogens with zero attached hydrogens (tertiary/aromatic N) is 2. The predicted octanol–water partition coefficient (Wildman–Crippen LogP) is 6.52. The third-order valence-electron chi connectivity index (χ3n) is 4.72. The molecule has 0 saturated carbocycles. The molecular formula is C24H23N3O2S2. The number of anilines is 2. The van der Waals surface area contributed by atoms with Crippen molar-refractivity contribution in [1.82, 2.24) is 9.97 Å². The molecule has 0 fully saturated rings. The fourth-order valence-corrected chi connectivity index (χ4v) is 5.04. The van der Waals surface area contributed by atoms with Gasteiger partial charge in [0.05, 0.1) is 17.7 Å². The van der Waals surface area contributed by atoms with Crippen molar-refractivity contribution in [2.75, 3.05) is 11.9 Å². The van der Waals surface area contributed by atoms with Crippen molar-refractivity contribution in [3.8, 4) is 0 Å². The standard InChI is InChI=1S/C24H23N3O2S2/c1-4-29-24(28)21-16(3)20-22(25-17-12-10-15(2)11-13-17)26-19(27-23(20)31-21)14-30-18-8-6-5-7-9-18/h5-13H,4,14H2,1-3H3,(H,25,26,27). The number of ether oxygens (including phenoxy) is 1. The minimum Gasteiger partial charge on any atom is -0.462 e. The second-order valence-electron chi connectivity index (χ2n) is 7.04. The summed E-state index contributed by atoms with van der Waals surface area (Å²) < 4.78 is 5.24. The zero-order chi connectivity index (χ0) is 21.8. The van der Waals surface area contributed by atoms with Gasteiger partial charge < -0.3 is 10.1 Å². The Labute approximate surface area is 189 Å². The van der Waals surface area contributed by atoms with Crippen molar-refractivity contribution in [2.45, 2.75) is 31.4 Å². The summed E-state index contributed by atoms with van der Waals surface area (Å²) in [6.07, 6.45) is 0. The van der Waals surface area contributed by atoms with Gasteiger partial charge in [-0.05, 0) is 50.6 Å². The Kier molecular flexibility index (Phi) is 6.53. The number of aromatic nitrogens is 2. The van der Waals surface area contributed by atoms with Gasteiger partial charge in [0.1, 0.15) is 21.3 Å². The Morgan fingerprint density at radius 2 is 1.81 bits per heavy atom. The molecule has 2 aromatic carbocycles. The van der Waals surface area contributed by atoms with Crippen LogP contribution in [0.25, 0.3) is 10.2 Å². The van der Waals surface area contributed by atoms with Crippen LogP contribution in [0, 0.1) is 13.8 Å². The van der Waals surface area contributed by atoms with Crippen LogP contribution in [0.5, 0.6) is 0 Å². The van der Waals surface area contributed by atoms with Crippen molar-refractivity contribution in [2.24, 2.45) is 0 Å². The fraction of sp³-hybridized carbons (Fsp3) is 0.208. The van der Waals surface area contributed by atoms with Gasteiger partial charge >= 0.3 is 5.97 Å². The average molecular weight is 450 g/mol. The van der Waals surface area contributed by atoms with Crippen molar-refractivity contribution in [3.05, 3.63) is 76.4 Å². The smallest absolute Gasteiger partial charge is 0.348 e. The normalized spacial score (nSPS) is 10.9. The van der Waals surface area contributed by atoms with Crippen LogP contribution in [0.2, 0.25) is 0 Å². The van der Waals surface area contributed by atoms with E-state index < -0.39 is 0 Å². The molecule has 0 spiro atoms. The molecule has 2 aromatic heterocycles. The Bertz CT molecular complexity index is 1210. The third kappa shape index (κ3) is 4.89. The molecule has 158 valence electrons. The molecule has 0 aliphatic heterocycles. The first-order valence-corrected chi connectivity index (χ1v) is 11.8. The second-order valence-corrected chi connectivity index (χ2v) is 9.09. The van der Waals surface area contributed by atoms with Gasteiger partial charge in [-0.1, -0.05) is 35.9 Å². The van der Waals surface area contributed by atoms with E-state index in [-0.39, 0.29) is 5.97 Å². The van der Waals surface area contributed by atoms with Crippen LogP contribution in [0.3, 0.4) is 0 Å². The number of rotatable bonds is 7. The molecule has 0 unspecified atom stereocenters. The lowest BCUT2D eigenvalue weighted by Crippen LogP contribution is -2.04. The minimum atomic E-state index is -0.315. The largest absolute Gasteiger partial charge is 0.462 e. The highest BCUT2D eigenvalue weighted by molar-refractivity contribution is 7.98. The maximum absolute atomic E-state index is 12.5. The molecule has 0 aliphatic carbocycles. The predicted molar refractivity (Wildman–Crippen MR) is 129 cm³/mol. The molecule has 31 heavy (non-hydrogen) atoms. The average Bonchev–Trinajstić information content (AvgIpc) is 3.11. The quantitative estimate of drug-likeness (QED) is 0.256. The lowest BCUT2D eigenvalue weighted by Gasteiger charge is -2.10. The van der Waals surface area contributed by atoms with E-state index in [1.807, 2.05) is 44.2 Å². The van der Waals surface area contributed by atoms with E-state index in [0.717, 1.165) is 26.4 Å². The number of carbonyl (C=O) groups is 1. The number of hydrogen-bond acceptors (Lipinski definition) is 7. The molecule has 0 saturated heterocycles. The molecule has 4 aromatic rings. The zero-order valence-electron chi connectivity index (χ0n) is 17.6. The maximum Gasteiger partial charge on any atom is 0.348 e. The number of carbonyl (C=O) groups excluding carboxylic acids is 1. The Morgan fingerprint density at radius 1 is 1.06 bits per heavy atom. The summed E-state index contributed by atoms with van der Waals surface area (Å²) in [5.74, 6) is 1.74. The number of hydrogen-bond donors (Lipinski definition) is 1. The van der Waals surface area contributed by atoms with Gasteiger partial charge in [-0.25, -0.2) is 14.8 Å². The van der Waals surface area contributed by atoms with Crippen LogP contribution in [-0.4, -0.2) is 22.5 Å². The first-order valence-electron chi connectivity index (χ1n) is 10.0. The third-order valence-corrected chi connectivity index (χ3v) is 6.90. The summed E-state index contributed by atoms with van der Waals surface area (Å²) in [6.45, 7) is 6.13. The number of thiophene rings is 1. The number of esters is 1. The van der Waals surface area contributed by atoms with Crippen LogP contribution < -0.4 is 5.32 Å². The maximum atomic E-state index is 12.5. The van der Waals surface area contributed by atoms with Gasteiger partial charge in [-0.2, -0.15) is 0 Å². The molecule has 0 bridgehead atoms. The SMILES string of the molecule is CCOC(=O)c1sc2nc(CSc3ccccc3)nc(Nc3ccc(C)cc3)c2c1C. The molecule has 0 aliphatic rings. The first-order chi connectivity index (χ1) is 15.0. The highest BCUT2D eigenvalue weighted by atomic mass is 32.2. The summed E-state index contributed by atoms with van der Waals surface area (Å²) in [7, 11) is 0. The van der Waals surface area contributed by atoms with Gasteiger partial charge in [-0.3, -0.25) is 0 Å². The summed E-state index contributed by atoms with van der Waals surface area (Å²) in [6, 6.07) is 18.3. The summed E-state index contributed by atoms with van der Waals surface area (Å²) in [5, 5.41) is 4.30. The first kappa shape index (κ1) is 21.3. The number of fused-ring (bicyclic) bond motifs is 1. The van der Waals surface area contributed by atoms with E-state index in [2.05, 4.69) is 36.5 Å².